The molecule has 0 aromatic rings. The van der Waals surface area contributed by atoms with Gasteiger partial charge in [-0.1, -0.05) is 20.3 Å². The molecule has 0 bridgehead atoms. The molecule has 0 radical (unpaired) electrons. The maximum absolute atomic E-state index is 11.0. The molecular weight excluding hydrogens is 252 g/mol. The molecule has 96 valence electrons. The summed E-state index contributed by atoms with van der Waals surface area (Å²) in [5.41, 5.74) is 0. The first-order valence-electron chi connectivity index (χ1n) is 5.71. The van der Waals surface area contributed by atoms with Gasteiger partial charge in [0.25, 0.3) is 0 Å². The summed E-state index contributed by atoms with van der Waals surface area (Å²) in [5, 5.41) is 0. The summed E-state index contributed by atoms with van der Waals surface area (Å²) in [6.45, 7) is 5.52. The zero-order valence-corrected chi connectivity index (χ0v) is 13.9. The first-order chi connectivity index (χ1) is 7.40. The predicted molar refractivity (Wildman–Crippen MR) is 61.1 cm³/mol. The van der Waals surface area contributed by atoms with Gasteiger partial charge in [0, 0.05) is 25.7 Å². The fraction of sp³-hybridized carbons (Fsp3) is 0.900. The molecule has 1 saturated heterocycles. The third-order valence-electron chi connectivity index (χ3n) is 2.35. The van der Waals surface area contributed by atoms with Gasteiger partial charge < -0.3 is 19.3 Å². The number of amides is 1. The van der Waals surface area contributed by atoms with Crippen molar-refractivity contribution in [3.05, 3.63) is 0 Å². The summed E-state index contributed by atoms with van der Waals surface area (Å²) < 4.78 is 9.58. The van der Waals surface area contributed by atoms with Gasteiger partial charge in [-0.3, -0.25) is 4.79 Å². The van der Waals surface area contributed by atoms with E-state index in [1.165, 1.54) is 13.3 Å². The van der Waals surface area contributed by atoms with E-state index in [1.807, 2.05) is 4.90 Å². The molecule has 1 amide bonds. The number of carbonyl (C=O) groups is 1. The van der Waals surface area contributed by atoms with Crippen LogP contribution in [0.25, 0.3) is 0 Å². The van der Waals surface area contributed by atoms with Crippen molar-refractivity contribution in [2.75, 3.05) is 19.3 Å². The van der Waals surface area contributed by atoms with Crippen LogP contribution >= 0.6 is 7.60 Å². The molecular formula is C10H21NNaO4P. The predicted octanol–water partition coefficient (Wildman–Crippen LogP) is -2.04. The van der Waals surface area contributed by atoms with E-state index in [0.29, 0.717) is 5.91 Å². The van der Waals surface area contributed by atoms with Crippen LogP contribution in [0, 0.1) is 0 Å². The van der Waals surface area contributed by atoms with Gasteiger partial charge in [-0.25, -0.2) is 0 Å². The Kier molecular flexibility index (Phi) is 12.4. The maximum atomic E-state index is 11.0. The molecule has 1 aliphatic heterocycles. The second kappa shape index (κ2) is 10.5. The Morgan fingerprint density at radius 3 is 2.29 bits per heavy atom. The van der Waals surface area contributed by atoms with Crippen LogP contribution in [0.3, 0.4) is 0 Å². The fourth-order valence-electron chi connectivity index (χ4n) is 1.29. The molecule has 1 N–H and O–H groups in total. The number of unbranched alkanes of at least 4 members (excludes halogenated alkanes) is 1. The standard InChI is InChI=1S/C8H15NO.C2H7O3P.Na/c1-2-3-6-9-7-4-5-8(9)10;1-2-6(3,4)5;/h2-7H2,1H3;2H2,1H3,(H2,3,4,5);/q;;+1/p-1. The van der Waals surface area contributed by atoms with Crippen molar-refractivity contribution < 1.29 is 48.7 Å². The van der Waals surface area contributed by atoms with Gasteiger partial charge in [0.1, 0.15) is 7.60 Å². The van der Waals surface area contributed by atoms with Crippen LogP contribution in [0.15, 0.2) is 0 Å². The van der Waals surface area contributed by atoms with Gasteiger partial charge in [0.15, 0.2) is 0 Å². The summed E-state index contributed by atoms with van der Waals surface area (Å²) in [5.74, 6) is 0.355. The summed E-state index contributed by atoms with van der Waals surface area (Å²) >= 11 is 0. The van der Waals surface area contributed by atoms with Gasteiger partial charge in [-0.15, -0.1) is 0 Å². The molecule has 1 unspecified atom stereocenters. The molecule has 1 rings (SSSR count). The fourth-order valence-corrected chi connectivity index (χ4v) is 1.29. The molecule has 0 aliphatic carbocycles. The van der Waals surface area contributed by atoms with Crippen LogP contribution in [0.5, 0.6) is 0 Å². The van der Waals surface area contributed by atoms with E-state index >= 15 is 0 Å². The van der Waals surface area contributed by atoms with Crippen LogP contribution in [0.2, 0.25) is 0 Å². The molecule has 7 heteroatoms. The van der Waals surface area contributed by atoms with Crippen molar-refractivity contribution in [3.63, 3.8) is 0 Å². The smallest absolute Gasteiger partial charge is 0.779 e. The Morgan fingerprint density at radius 2 is 2.00 bits per heavy atom. The van der Waals surface area contributed by atoms with Crippen molar-refractivity contribution in [2.45, 2.75) is 39.5 Å². The number of hydrogen-bond donors (Lipinski definition) is 1. The summed E-state index contributed by atoms with van der Waals surface area (Å²) in [6, 6.07) is 0. The molecule has 1 aliphatic rings. The number of likely N-dealkylation sites (tertiary alicyclic amines) is 1. The van der Waals surface area contributed by atoms with Crippen LogP contribution < -0.4 is 34.5 Å². The number of hydrogen-bond acceptors (Lipinski definition) is 3. The first kappa shape index (κ1) is 19.9. The van der Waals surface area contributed by atoms with Crippen LogP contribution in [-0.2, 0) is 9.36 Å². The maximum Gasteiger partial charge on any atom is 1.00 e. The van der Waals surface area contributed by atoms with Crippen LogP contribution in [0.4, 0.5) is 0 Å². The average Bonchev–Trinajstić information content (AvgIpc) is 2.61. The molecule has 0 saturated carbocycles. The second-order valence-electron chi connectivity index (χ2n) is 3.79. The number of nitrogens with zero attached hydrogens (tertiary/aromatic N) is 1. The third kappa shape index (κ3) is 11.4. The van der Waals surface area contributed by atoms with Crippen molar-refractivity contribution in [1.82, 2.24) is 4.90 Å². The van der Waals surface area contributed by atoms with Gasteiger partial charge in [-0.05, 0) is 12.8 Å². The first-order valence-corrected chi connectivity index (χ1v) is 7.47. The molecule has 0 spiro atoms. The Bertz CT molecular complexity index is 257. The summed E-state index contributed by atoms with van der Waals surface area (Å²) in [6.07, 6.45) is 4.02. The number of rotatable bonds is 4. The SMILES string of the molecule is CCCCN1CCCC1=O.CCP(=O)([O-])O.[Na+]. The van der Waals surface area contributed by atoms with Crippen molar-refractivity contribution in [3.8, 4) is 0 Å². The topological polar surface area (TPSA) is 80.7 Å². The Hall–Kier alpha value is 0.620. The van der Waals surface area contributed by atoms with E-state index < -0.39 is 7.60 Å². The van der Waals surface area contributed by atoms with E-state index in [2.05, 4.69) is 6.92 Å². The van der Waals surface area contributed by atoms with Crippen LogP contribution in [0.1, 0.15) is 39.5 Å². The minimum absolute atomic E-state index is 0. The molecule has 5 nitrogen and oxygen atoms in total. The minimum Gasteiger partial charge on any atom is -0.779 e. The van der Waals surface area contributed by atoms with Crippen molar-refractivity contribution >= 4 is 13.5 Å². The number of carbonyl (C=O) groups excluding carboxylic acids is 1. The van der Waals surface area contributed by atoms with E-state index in [0.717, 1.165) is 32.4 Å². The van der Waals surface area contributed by atoms with Gasteiger partial charge in [0.05, 0.1) is 0 Å². The Labute approximate surface area is 125 Å². The van der Waals surface area contributed by atoms with Crippen LogP contribution in [-0.4, -0.2) is 35.0 Å². The molecule has 0 aromatic carbocycles. The Balaban J connectivity index is 0. The largest absolute Gasteiger partial charge is 1.00 e. The average molecular weight is 273 g/mol. The molecule has 1 heterocycles. The van der Waals surface area contributed by atoms with E-state index in [-0.39, 0.29) is 35.7 Å². The molecule has 17 heavy (non-hydrogen) atoms. The van der Waals surface area contributed by atoms with E-state index in [4.69, 9.17) is 4.89 Å². The normalized spacial score (nSPS) is 17.9. The second-order valence-corrected chi connectivity index (χ2v) is 5.70. The van der Waals surface area contributed by atoms with Crippen molar-refractivity contribution in [2.24, 2.45) is 0 Å². The third-order valence-corrected chi connectivity index (χ3v) is 3.15. The zero-order valence-electron chi connectivity index (χ0n) is 11.0. The quantitative estimate of drug-likeness (QED) is 0.473. The summed E-state index contributed by atoms with van der Waals surface area (Å²) in [4.78, 5) is 30.4. The monoisotopic (exact) mass is 273 g/mol. The zero-order chi connectivity index (χ0) is 12.6. The van der Waals surface area contributed by atoms with E-state index in [1.54, 1.807) is 0 Å². The minimum atomic E-state index is -3.90. The molecule has 1 fully saturated rings. The Morgan fingerprint density at radius 1 is 1.47 bits per heavy atom. The van der Waals surface area contributed by atoms with Gasteiger partial charge in [0.2, 0.25) is 5.91 Å². The summed E-state index contributed by atoms with van der Waals surface area (Å²) in [7, 11) is -3.90. The van der Waals surface area contributed by atoms with Crippen molar-refractivity contribution in [1.29, 1.82) is 0 Å². The molecule has 1 atom stereocenters. The van der Waals surface area contributed by atoms with E-state index in [9.17, 15) is 14.3 Å². The molecule has 0 aromatic heterocycles. The van der Waals surface area contributed by atoms with Gasteiger partial charge >= 0.3 is 29.6 Å². The van der Waals surface area contributed by atoms with Gasteiger partial charge in [-0.2, -0.15) is 0 Å².